The van der Waals surface area contributed by atoms with Crippen molar-refractivity contribution < 1.29 is 9.59 Å². The van der Waals surface area contributed by atoms with Crippen LogP contribution in [0.15, 0.2) is 12.2 Å². The summed E-state index contributed by atoms with van der Waals surface area (Å²) < 4.78 is 0. The van der Waals surface area contributed by atoms with Gasteiger partial charge in [0.15, 0.2) is 6.29 Å². The molecule has 0 amide bonds. The normalized spacial score (nSPS) is 12.7. The molecule has 0 aliphatic carbocycles. The fourth-order valence-electron chi connectivity index (χ4n) is 1.87. The van der Waals surface area contributed by atoms with Gasteiger partial charge in [-0.15, -0.1) is 0 Å². The quantitative estimate of drug-likeness (QED) is 0.361. The summed E-state index contributed by atoms with van der Waals surface area (Å²) in [7, 11) is 0. The summed E-state index contributed by atoms with van der Waals surface area (Å²) in [4.78, 5) is 20.6. The van der Waals surface area contributed by atoms with Gasteiger partial charge >= 0.3 is 0 Å². The van der Waals surface area contributed by atoms with Gasteiger partial charge in [-0.05, 0) is 19.3 Å². The second-order valence-electron chi connectivity index (χ2n) is 4.78. The smallest absolute Gasteiger partial charge is 0.202 e. The van der Waals surface area contributed by atoms with E-state index in [0.29, 0.717) is 6.42 Å². The molecule has 0 heterocycles. The van der Waals surface area contributed by atoms with Crippen LogP contribution in [0.2, 0.25) is 0 Å². The lowest BCUT2D eigenvalue weighted by molar-refractivity contribution is 0.509. The van der Waals surface area contributed by atoms with Gasteiger partial charge in [0, 0.05) is 12.3 Å². The van der Waals surface area contributed by atoms with Crippen molar-refractivity contribution >= 4 is 12.6 Å². The van der Waals surface area contributed by atoms with Gasteiger partial charge < -0.3 is 0 Å². The van der Waals surface area contributed by atoms with Crippen LogP contribution in [0.3, 0.4) is 0 Å². The van der Waals surface area contributed by atoms with Crippen LogP contribution in [0.1, 0.15) is 71.1 Å². The number of allylic oxidation sites excluding steroid dienone is 2. The zero-order valence-electron chi connectivity index (χ0n) is 11.6. The molecule has 0 aromatic rings. The molecule has 0 aliphatic rings. The van der Waals surface area contributed by atoms with Gasteiger partial charge in [-0.2, -0.15) is 0 Å². The molecule has 2 radical (unpaired) electrons. The lowest BCUT2D eigenvalue weighted by Crippen LogP contribution is -2.00. The lowest BCUT2D eigenvalue weighted by Gasteiger charge is -2.00. The van der Waals surface area contributed by atoms with Crippen molar-refractivity contribution in [1.82, 2.24) is 0 Å². The van der Waals surface area contributed by atoms with E-state index in [2.05, 4.69) is 13.0 Å². The third kappa shape index (κ3) is 11.6. The van der Waals surface area contributed by atoms with Crippen LogP contribution in [-0.2, 0) is 9.59 Å². The Morgan fingerprint density at radius 2 is 1.61 bits per heavy atom. The first-order chi connectivity index (χ1) is 8.85. The van der Waals surface area contributed by atoms with Crippen molar-refractivity contribution in [2.75, 3.05) is 0 Å². The van der Waals surface area contributed by atoms with E-state index >= 15 is 0 Å². The van der Waals surface area contributed by atoms with Crippen LogP contribution >= 0.6 is 0 Å². The summed E-state index contributed by atoms with van der Waals surface area (Å²) in [5, 5.41) is 0. The first-order valence-electron chi connectivity index (χ1n) is 7.22. The summed E-state index contributed by atoms with van der Waals surface area (Å²) in [6, 6.07) is 0. The Morgan fingerprint density at radius 1 is 0.944 bits per heavy atom. The zero-order chi connectivity index (χ0) is 13.5. The van der Waals surface area contributed by atoms with Crippen molar-refractivity contribution in [3.63, 3.8) is 0 Å². The lowest BCUT2D eigenvalue weighted by atomic mass is 10.0. The predicted molar refractivity (Wildman–Crippen MR) is 75.9 cm³/mol. The molecule has 18 heavy (non-hydrogen) atoms. The Balaban J connectivity index is 3.31. The van der Waals surface area contributed by atoms with Gasteiger partial charge in [-0.3, -0.25) is 9.59 Å². The topological polar surface area (TPSA) is 34.1 Å². The number of unbranched alkanes of at least 4 members (excludes halogenated alkanes) is 7. The molecule has 0 aromatic carbocycles. The molecule has 0 aromatic heterocycles. The molecule has 0 spiro atoms. The van der Waals surface area contributed by atoms with Crippen LogP contribution in [0, 0.1) is 5.92 Å². The van der Waals surface area contributed by atoms with Gasteiger partial charge in [0.1, 0.15) is 0 Å². The van der Waals surface area contributed by atoms with E-state index in [4.69, 9.17) is 0 Å². The second-order valence-corrected chi connectivity index (χ2v) is 4.78. The number of hydrogen-bond acceptors (Lipinski definition) is 2. The van der Waals surface area contributed by atoms with E-state index < -0.39 is 0 Å². The van der Waals surface area contributed by atoms with Crippen molar-refractivity contribution in [2.45, 2.75) is 71.1 Å². The molecular formula is C16H26O2. The Labute approximate surface area is 112 Å². The highest BCUT2D eigenvalue weighted by molar-refractivity contribution is 5.62. The highest BCUT2D eigenvalue weighted by atomic mass is 16.1. The molecule has 2 nitrogen and oxygen atoms in total. The minimum atomic E-state index is -0.298. The highest BCUT2D eigenvalue weighted by Crippen LogP contribution is 2.09. The van der Waals surface area contributed by atoms with Gasteiger partial charge in [0.25, 0.3) is 0 Å². The minimum Gasteiger partial charge on any atom is -0.291 e. The van der Waals surface area contributed by atoms with E-state index in [1.807, 2.05) is 12.4 Å². The van der Waals surface area contributed by atoms with Crippen molar-refractivity contribution in [2.24, 2.45) is 5.92 Å². The molecule has 0 bridgehead atoms. The van der Waals surface area contributed by atoms with Crippen molar-refractivity contribution in [1.29, 1.82) is 0 Å². The summed E-state index contributed by atoms with van der Waals surface area (Å²) >= 11 is 0. The molecule has 0 saturated heterocycles. The molecule has 2 heteroatoms. The Bertz CT molecular complexity index is 221. The van der Waals surface area contributed by atoms with Gasteiger partial charge in [0.05, 0.1) is 0 Å². The molecule has 102 valence electrons. The molecule has 0 saturated carbocycles. The number of hydrogen-bond donors (Lipinski definition) is 0. The number of rotatable bonds is 13. The maximum atomic E-state index is 10.4. The first-order valence-corrected chi connectivity index (χ1v) is 7.22. The molecule has 0 N–H and O–H groups in total. The average molecular weight is 250 g/mol. The van der Waals surface area contributed by atoms with Crippen molar-refractivity contribution in [3.05, 3.63) is 12.2 Å². The largest absolute Gasteiger partial charge is 0.291 e. The van der Waals surface area contributed by atoms with Gasteiger partial charge in [0.2, 0.25) is 6.29 Å². The van der Waals surface area contributed by atoms with E-state index in [-0.39, 0.29) is 12.3 Å². The first kappa shape index (κ1) is 17.1. The van der Waals surface area contributed by atoms with Crippen molar-refractivity contribution in [3.8, 4) is 0 Å². The standard InChI is InChI=1S/C16H26O2/c1-2-3-4-5-6-7-8-9-10-11-12-16(15-18)13-14-17/h10-11,16H,2-9,12-13H2,1H3. The molecular weight excluding hydrogens is 224 g/mol. The Kier molecular flexibility index (Phi) is 13.4. The average Bonchev–Trinajstić information content (AvgIpc) is 2.39. The van der Waals surface area contributed by atoms with E-state index in [9.17, 15) is 9.59 Å². The van der Waals surface area contributed by atoms with Crippen LogP contribution in [-0.4, -0.2) is 12.6 Å². The Hall–Kier alpha value is -0.920. The summed E-state index contributed by atoms with van der Waals surface area (Å²) in [5.41, 5.74) is 0. The molecule has 1 atom stereocenters. The third-order valence-corrected chi connectivity index (χ3v) is 3.06. The third-order valence-electron chi connectivity index (χ3n) is 3.06. The second kappa shape index (κ2) is 14.1. The van der Waals surface area contributed by atoms with E-state index in [0.717, 1.165) is 6.42 Å². The Morgan fingerprint density at radius 3 is 2.22 bits per heavy atom. The molecule has 0 rings (SSSR count). The fourth-order valence-corrected chi connectivity index (χ4v) is 1.87. The zero-order valence-corrected chi connectivity index (χ0v) is 11.6. The van der Waals surface area contributed by atoms with Crippen LogP contribution in [0.5, 0.6) is 0 Å². The molecule has 1 unspecified atom stereocenters. The maximum absolute atomic E-state index is 10.4. The fraction of sp³-hybridized carbons (Fsp3) is 0.750. The molecule has 0 aliphatic heterocycles. The monoisotopic (exact) mass is 250 g/mol. The maximum Gasteiger partial charge on any atom is 0.202 e. The minimum absolute atomic E-state index is 0.172. The molecule has 0 fully saturated rings. The highest BCUT2D eigenvalue weighted by Gasteiger charge is 2.04. The van der Waals surface area contributed by atoms with Crippen LogP contribution in [0.25, 0.3) is 0 Å². The van der Waals surface area contributed by atoms with Crippen LogP contribution in [0.4, 0.5) is 0 Å². The van der Waals surface area contributed by atoms with Gasteiger partial charge in [-0.25, -0.2) is 0 Å². The van der Waals surface area contributed by atoms with Gasteiger partial charge in [-0.1, -0.05) is 57.6 Å². The summed E-state index contributed by atoms with van der Waals surface area (Å²) in [6.07, 6.45) is 18.8. The van der Waals surface area contributed by atoms with E-state index in [1.165, 1.54) is 44.9 Å². The number of carbonyl (C=O) groups excluding carboxylic acids is 2. The predicted octanol–water partition coefficient (Wildman–Crippen LogP) is 4.30. The van der Waals surface area contributed by atoms with E-state index in [1.54, 1.807) is 6.29 Å². The van der Waals surface area contributed by atoms with Crippen LogP contribution < -0.4 is 0 Å². The summed E-state index contributed by atoms with van der Waals surface area (Å²) in [6.45, 7) is 2.23. The SMILES string of the molecule is CCCCCCCCCC=CCC([C]=O)C[C]=O. The summed E-state index contributed by atoms with van der Waals surface area (Å²) in [5.74, 6) is -0.298.